The van der Waals surface area contributed by atoms with E-state index in [0.717, 1.165) is 0 Å². The van der Waals surface area contributed by atoms with Gasteiger partial charge in [-0.25, -0.2) is 4.79 Å². The number of carbonyl (C=O) groups is 2. The summed E-state index contributed by atoms with van der Waals surface area (Å²) in [6.45, 7) is 2.10. The molecule has 14 heavy (non-hydrogen) atoms. The minimum Gasteiger partial charge on any atom is -0.338 e. The first-order valence-electron chi connectivity index (χ1n) is 3.92. The van der Waals surface area contributed by atoms with E-state index in [1.54, 1.807) is 13.0 Å². The molecular formula is C7H12N4O3. The highest BCUT2D eigenvalue weighted by atomic mass is 16.6. The fourth-order valence-corrected chi connectivity index (χ4v) is 0.645. The van der Waals surface area contributed by atoms with Crippen LogP contribution in [-0.4, -0.2) is 31.6 Å². The van der Waals surface area contributed by atoms with Crippen molar-refractivity contribution in [3.63, 3.8) is 0 Å². The number of nitrogens with one attached hydrogen (secondary N) is 3. The molecular weight excluding hydrogens is 188 g/mol. The Morgan fingerprint density at radius 3 is 2.64 bits per heavy atom. The molecule has 0 aromatic rings. The van der Waals surface area contributed by atoms with Crippen molar-refractivity contribution >= 4 is 11.9 Å². The Morgan fingerprint density at radius 2 is 2.21 bits per heavy atom. The molecule has 1 unspecified atom stereocenters. The zero-order chi connectivity index (χ0) is 11.0. The molecule has 0 rings (SSSR count). The van der Waals surface area contributed by atoms with Crippen LogP contribution in [0, 0.1) is 11.3 Å². The Kier molecular flexibility index (Phi) is 6.02. The fourth-order valence-electron chi connectivity index (χ4n) is 0.645. The van der Waals surface area contributed by atoms with Gasteiger partial charge in [0.1, 0.15) is 0 Å². The molecule has 1 atom stereocenters. The number of rotatable bonds is 4. The van der Waals surface area contributed by atoms with Gasteiger partial charge in [-0.15, -0.1) is 0 Å². The van der Waals surface area contributed by atoms with E-state index in [4.69, 9.17) is 5.26 Å². The van der Waals surface area contributed by atoms with E-state index in [1.807, 2.05) is 5.32 Å². The van der Waals surface area contributed by atoms with Crippen LogP contribution in [0.4, 0.5) is 4.79 Å². The van der Waals surface area contributed by atoms with E-state index in [0.29, 0.717) is 6.54 Å². The Bertz CT molecular complexity index is 248. The zero-order valence-electron chi connectivity index (χ0n) is 7.96. The molecule has 0 radical (unpaired) electrons. The Balaban J connectivity index is 4.05. The highest BCUT2D eigenvalue weighted by Crippen LogP contribution is 1.81. The molecule has 0 heterocycles. The van der Waals surface area contributed by atoms with Gasteiger partial charge in [0.05, 0.1) is 13.2 Å². The summed E-state index contributed by atoms with van der Waals surface area (Å²) in [5, 5.41) is 12.8. The number of hydrogen-bond donors (Lipinski definition) is 3. The van der Waals surface area contributed by atoms with Crippen molar-refractivity contribution in [2.75, 3.05) is 13.7 Å². The Morgan fingerprint density at radius 1 is 1.57 bits per heavy atom. The van der Waals surface area contributed by atoms with Crippen molar-refractivity contribution in [1.29, 1.82) is 5.26 Å². The summed E-state index contributed by atoms with van der Waals surface area (Å²) in [6, 6.07) is -0.227. The monoisotopic (exact) mass is 200 g/mol. The van der Waals surface area contributed by atoms with E-state index in [1.165, 1.54) is 7.11 Å². The summed E-state index contributed by atoms with van der Waals surface area (Å²) in [7, 11) is 1.27. The van der Waals surface area contributed by atoms with E-state index in [9.17, 15) is 9.59 Å². The van der Waals surface area contributed by atoms with Crippen LogP contribution in [-0.2, 0) is 9.63 Å². The van der Waals surface area contributed by atoms with Crippen molar-refractivity contribution in [3.8, 4) is 6.07 Å². The Labute approximate surface area is 81.4 Å². The molecule has 0 aliphatic carbocycles. The maximum atomic E-state index is 11.1. The first kappa shape index (κ1) is 12.3. The number of carbonyl (C=O) groups excluding carboxylic acids is 2. The van der Waals surface area contributed by atoms with E-state index < -0.39 is 18.0 Å². The first-order valence-corrected chi connectivity index (χ1v) is 3.92. The third-order valence-corrected chi connectivity index (χ3v) is 1.20. The average Bonchev–Trinajstić information content (AvgIpc) is 2.14. The van der Waals surface area contributed by atoms with Crippen LogP contribution in [0.1, 0.15) is 6.92 Å². The minimum absolute atomic E-state index is 0.397. The SMILES string of the molecule is CCNC(=O)NC(=O)C(C#N)NOC. The number of imide groups is 1. The quantitative estimate of drug-likeness (QED) is 0.498. The van der Waals surface area contributed by atoms with Crippen molar-refractivity contribution in [2.24, 2.45) is 0 Å². The summed E-state index contributed by atoms with van der Waals surface area (Å²) >= 11 is 0. The molecule has 0 spiro atoms. The fraction of sp³-hybridized carbons (Fsp3) is 0.571. The van der Waals surface area contributed by atoms with Crippen LogP contribution >= 0.6 is 0 Å². The van der Waals surface area contributed by atoms with Crippen molar-refractivity contribution in [1.82, 2.24) is 16.1 Å². The summed E-state index contributed by atoms with van der Waals surface area (Å²) in [4.78, 5) is 26.4. The molecule has 3 amide bonds. The number of urea groups is 1. The van der Waals surface area contributed by atoms with Gasteiger partial charge in [-0.3, -0.25) is 10.1 Å². The third kappa shape index (κ3) is 4.39. The zero-order valence-corrected chi connectivity index (χ0v) is 7.96. The van der Waals surface area contributed by atoms with E-state index in [2.05, 4.69) is 15.6 Å². The minimum atomic E-state index is -1.21. The number of hydroxylamine groups is 1. The molecule has 0 aliphatic rings. The lowest BCUT2D eigenvalue weighted by Gasteiger charge is -2.09. The van der Waals surface area contributed by atoms with Gasteiger partial charge in [0.2, 0.25) is 0 Å². The van der Waals surface area contributed by atoms with Crippen LogP contribution in [0.15, 0.2) is 0 Å². The lowest BCUT2D eigenvalue weighted by atomic mass is 10.3. The standard InChI is InChI=1S/C7H12N4O3/c1-3-9-7(13)10-6(12)5(4-8)11-14-2/h5,11H,3H2,1-2H3,(H2,9,10,12,13). The third-order valence-electron chi connectivity index (χ3n) is 1.20. The van der Waals surface area contributed by atoms with Crippen molar-refractivity contribution in [3.05, 3.63) is 0 Å². The van der Waals surface area contributed by atoms with Crippen LogP contribution < -0.4 is 16.1 Å². The van der Waals surface area contributed by atoms with Gasteiger partial charge in [-0.05, 0) is 6.92 Å². The highest BCUT2D eigenvalue weighted by molar-refractivity contribution is 5.98. The number of hydrogen-bond acceptors (Lipinski definition) is 5. The molecule has 0 aromatic carbocycles. The summed E-state index contributed by atoms with van der Waals surface area (Å²) in [6.07, 6.45) is 0. The second kappa shape index (κ2) is 6.82. The molecule has 0 fully saturated rings. The van der Waals surface area contributed by atoms with Gasteiger partial charge in [0, 0.05) is 6.54 Å². The van der Waals surface area contributed by atoms with Crippen LogP contribution in [0.25, 0.3) is 0 Å². The van der Waals surface area contributed by atoms with Gasteiger partial charge in [0.15, 0.2) is 6.04 Å². The molecule has 0 saturated heterocycles. The predicted molar refractivity (Wildman–Crippen MR) is 46.8 cm³/mol. The lowest BCUT2D eigenvalue weighted by Crippen LogP contribution is -2.48. The van der Waals surface area contributed by atoms with Gasteiger partial charge in [-0.1, -0.05) is 0 Å². The summed E-state index contributed by atoms with van der Waals surface area (Å²) < 4.78 is 0. The van der Waals surface area contributed by atoms with Gasteiger partial charge in [0.25, 0.3) is 5.91 Å². The van der Waals surface area contributed by atoms with Gasteiger partial charge < -0.3 is 10.2 Å². The Hall–Kier alpha value is -1.65. The maximum Gasteiger partial charge on any atom is 0.321 e. The largest absolute Gasteiger partial charge is 0.338 e. The number of nitrogens with zero attached hydrogens (tertiary/aromatic N) is 1. The van der Waals surface area contributed by atoms with Crippen LogP contribution in [0.5, 0.6) is 0 Å². The normalized spacial score (nSPS) is 11.2. The predicted octanol–water partition coefficient (Wildman–Crippen LogP) is -1.12. The van der Waals surface area contributed by atoms with Crippen molar-refractivity contribution in [2.45, 2.75) is 13.0 Å². The second-order valence-corrected chi connectivity index (χ2v) is 2.23. The van der Waals surface area contributed by atoms with E-state index >= 15 is 0 Å². The first-order chi connectivity index (χ1) is 6.65. The second-order valence-electron chi connectivity index (χ2n) is 2.23. The highest BCUT2D eigenvalue weighted by Gasteiger charge is 2.18. The molecule has 78 valence electrons. The molecule has 7 heteroatoms. The summed E-state index contributed by atoms with van der Waals surface area (Å²) in [5.74, 6) is -0.764. The average molecular weight is 200 g/mol. The lowest BCUT2D eigenvalue weighted by molar-refractivity contribution is -0.123. The molecule has 0 bridgehead atoms. The van der Waals surface area contributed by atoms with Crippen molar-refractivity contribution < 1.29 is 14.4 Å². The molecule has 0 saturated carbocycles. The molecule has 3 N–H and O–H groups in total. The number of amides is 3. The molecule has 7 nitrogen and oxygen atoms in total. The molecule has 0 aromatic heterocycles. The maximum absolute atomic E-state index is 11.1. The number of nitriles is 1. The topological polar surface area (TPSA) is 103 Å². The van der Waals surface area contributed by atoms with Gasteiger partial charge in [-0.2, -0.15) is 10.7 Å². The molecule has 0 aliphatic heterocycles. The van der Waals surface area contributed by atoms with Gasteiger partial charge >= 0.3 is 6.03 Å². The van der Waals surface area contributed by atoms with Crippen LogP contribution in [0.2, 0.25) is 0 Å². The smallest absolute Gasteiger partial charge is 0.321 e. The van der Waals surface area contributed by atoms with E-state index in [-0.39, 0.29) is 0 Å². The summed E-state index contributed by atoms with van der Waals surface area (Å²) in [5.41, 5.74) is 2.13. The van der Waals surface area contributed by atoms with Crippen LogP contribution in [0.3, 0.4) is 0 Å².